The van der Waals surface area contributed by atoms with E-state index in [0.29, 0.717) is 18.6 Å². The number of carbonyl (C=O) groups is 4. The van der Waals surface area contributed by atoms with Crippen LogP contribution < -0.4 is 10.6 Å². The fourth-order valence-corrected chi connectivity index (χ4v) is 7.58. The Bertz CT molecular complexity index is 1490. The van der Waals surface area contributed by atoms with Crippen LogP contribution in [0.5, 0.6) is 0 Å². The third kappa shape index (κ3) is 7.69. The molecule has 0 unspecified atom stereocenters. The van der Waals surface area contributed by atoms with Gasteiger partial charge in [-0.05, 0) is 62.8 Å². The van der Waals surface area contributed by atoms with Gasteiger partial charge in [-0.15, -0.1) is 11.3 Å². The average molecular weight is 663 g/mol. The fourth-order valence-electron chi connectivity index (χ4n) is 6.85. The van der Waals surface area contributed by atoms with Gasteiger partial charge in [0.15, 0.2) is 0 Å². The van der Waals surface area contributed by atoms with Gasteiger partial charge in [0, 0.05) is 17.9 Å². The van der Waals surface area contributed by atoms with Gasteiger partial charge < -0.3 is 30.2 Å². The van der Waals surface area contributed by atoms with Crippen molar-refractivity contribution in [3.8, 4) is 0 Å². The average Bonchev–Trinajstić information content (AvgIpc) is 3.56. The first-order valence-corrected chi connectivity index (χ1v) is 17.5. The Labute approximate surface area is 278 Å². The summed E-state index contributed by atoms with van der Waals surface area (Å²) in [4.78, 5) is 61.9. The van der Waals surface area contributed by atoms with Crippen LogP contribution >= 0.6 is 11.3 Å². The van der Waals surface area contributed by atoms with Crippen LogP contribution in [0.15, 0.2) is 65.2 Å². The molecule has 2 saturated carbocycles. The lowest BCUT2D eigenvalue weighted by Gasteiger charge is -2.29. The number of carboxylic acid groups (broad SMARTS) is 1. The highest BCUT2D eigenvalue weighted by Crippen LogP contribution is 2.45. The first-order chi connectivity index (χ1) is 22.8. The number of hydrogen-bond acceptors (Lipinski definition) is 8. The van der Waals surface area contributed by atoms with E-state index in [4.69, 9.17) is 9.57 Å². The maximum Gasteiger partial charge on any atom is 0.408 e. The Balaban J connectivity index is 1.26. The van der Waals surface area contributed by atoms with Crippen molar-refractivity contribution in [2.24, 2.45) is 11.1 Å². The van der Waals surface area contributed by atoms with Crippen molar-refractivity contribution < 1.29 is 33.9 Å². The number of fused-ring (bicyclic) bond motifs is 2. The molecule has 3 N–H and O–H groups in total. The van der Waals surface area contributed by atoms with Gasteiger partial charge in [0.05, 0.1) is 11.4 Å². The normalized spacial score (nSPS) is 29.4. The SMILES string of the molecule is O=C(N[C@H]1CCCCC/C=C\[C@@H]2C[C@]2(C(=O)O)NC(=O)[C@@H]2C[C@@H](O/N=C(\c3ccccc3)c3cccs3)CN2C1=O)OC1CCCC1. The molecule has 0 radical (unpaired) electrons. The monoisotopic (exact) mass is 662 g/mol. The number of alkyl carbamates (subject to hydrolysis) is 1. The lowest BCUT2D eigenvalue weighted by atomic mass is 10.0. The van der Waals surface area contributed by atoms with Crippen LogP contribution in [0.25, 0.3) is 0 Å². The highest BCUT2D eigenvalue weighted by Gasteiger charge is 2.61. The number of nitrogens with zero attached hydrogens (tertiary/aromatic N) is 2. The number of carbonyl (C=O) groups excluding carboxylic acids is 3. The molecule has 1 aromatic heterocycles. The number of allylic oxidation sites excluding steroid dienone is 1. The van der Waals surface area contributed by atoms with Crippen molar-refractivity contribution in [1.82, 2.24) is 15.5 Å². The predicted octanol–water partition coefficient (Wildman–Crippen LogP) is 5.00. The van der Waals surface area contributed by atoms with E-state index in [0.717, 1.165) is 55.4 Å². The highest BCUT2D eigenvalue weighted by atomic mass is 32.1. The van der Waals surface area contributed by atoms with Crippen LogP contribution in [0.2, 0.25) is 0 Å². The van der Waals surface area contributed by atoms with E-state index < -0.39 is 47.6 Å². The van der Waals surface area contributed by atoms with E-state index in [1.807, 2.05) is 60.0 Å². The number of aliphatic carboxylic acids is 1. The molecule has 1 saturated heterocycles. The summed E-state index contributed by atoms with van der Waals surface area (Å²) in [5.74, 6) is -2.41. The lowest BCUT2D eigenvalue weighted by Crippen LogP contribution is -2.56. The number of rotatable bonds is 7. The van der Waals surface area contributed by atoms with E-state index in [1.54, 1.807) is 0 Å². The van der Waals surface area contributed by atoms with Crippen molar-refractivity contribution in [3.63, 3.8) is 0 Å². The first-order valence-electron chi connectivity index (χ1n) is 16.7. The molecule has 6 rings (SSSR count). The summed E-state index contributed by atoms with van der Waals surface area (Å²) in [5, 5.41) is 22.2. The smallest absolute Gasteiger partial charge is 0.408 e. The standard InChI is InChI=1S/C35H42N4O7S/c40-31-28-20-26(46-38-30(29-18-11-19-47-29)23-12-5-4-6-13-23)22-39(28)32(41)27(36-34(44)45-25-15-9-10-16-25)17-8-3-1-2-7-14-24-21-35(24,37-31)33(42)43/h4-7,11-14,18-19,24-28H,1-3,8-10,15-17,20-22H2,(H,36,44)(H,37,40)(H,42,43)/b14-7-,38-30+/t24-,26-,27+,28+,35+/m1/s1. The Morgan fingerprint density at radius 1 is 1.00 bits per heavy atom. The molecule has 1 aromatic carbocycles. The molecular formula is C35H42N4O7S. The molecule has 250 valence electrons. The molecule has 5 atom stereocenters. The van der Waals surface area contributed by atoms with Crippen LogP contribution in [0.4, 0.5) is 4.79 Å². The maximum atomic E-state index is 14.2. The molecule has 2 aliphatic carbocycles. The molecule has 11 nitrogen and oxygen atoms in total. The largest absolute Gasteiger partial charge is 0.479 e. The summed E-state index contributed by atoms with van der Waals surface area (Å²) in [6, 6.07) is 11.6. The van der Waals surface area contributed by atoms with Crippen LogP contribution in [0.3, 0.4) is 0 Å². The molecule has 3 fully saturated rings. The van der Waals surface area contributed by atoms with Gasteiger partial charge in [-0.25, -0.2) is 9.59 Å². The second-order valence-corrected chi connectivity index (χ2v) is 13.9. The van der Waals surface area contributed by atoms with Gasteiger partial charge in [0.1, 0.15) is 35.5 Å². The summed E-state index contributed by atoms with van der Waals surface area (Å²) in [5.41, 5.74) is 0.0764. The number of thiophene rings is 1. The minimum absolute atomic E-state index is 0.0478. The van der Waals surface area contributed by atoms with Crippen molar-refractivity contribution >= 4 is 40.9 Å². The van der Waals surface area contributed by atoms with Gasteiger partial charge in [0.25, 0.3) is 0 Å². The van der Waals surface area contributed by atoms with Crippen LogP contribution in [0, 0.1) is 5.92 Å². The second kappa shape index (κ2) is 14.7. The van der Waals surface area contributed by atoms with E-state index in [-0.39, 0.29) is 31.4 Å². The van der Waals surface area contributed by atoms with Gasteiger partial charge in [0.2, 0.25) is 11.8 Å². The molecule has 2 aromatic rings. The molecule has 0 bridgehead atoms. The fraction of sp³-hybridized carbons (Fsp3) is 0.514. The zero-order valence-corrected chi connectivity index (χ0v) is 27.2. The molecule has 12 heteroatoms. The maximum absolute atomic E-state index is 14.2. The minimum atomic E-state index is -1.41. The van der Waals surface area contributed by atoms with Crippen LogP contribution in [-0.2, 0) is 24.0 Å². The second-order valence-electron chi connectivity index (χ2n) is 12.9. The van der Waals surface area contributed by atoms with Gasteiger partial charge in [-0.1, -0.05) is 66.5 Å². The molecular weight excluding hydrogens is 620 g/mol. The summed E-state index contributed by atoms with van der Waals surface area (Å²) in [6.07, 6.45) is 9.93. The lowest BCUT2D eigenvalue weighted by molar-refractivity contribution is -0.145. The zero-order chi connectivity index (χ0) is 32.8. The molecule has 47 heavy (non-hydrogen) atoms. The van der Waals surface area contributed by atoms with Crippen molar-refractivity contribution in [3.05, 3.63) is 70.4 Å². The van der Waals surface area contributed by atoms with E-state index in [2.05, 4.69) is 15.8 Å². The Kier molecular flexibility index (Phi) is 10.2. The topological polar surface area (TPSA) is 147 Å². The van der Waals surface area contributed by atoms with Gasteiger partial charge in [-0.3, -0.25) is 9.59 Å². The molecule has 2 aliphatic heterocycles. The number of hydrogen-bond donors (Lipinski definition) is 3. The molecule has 3 heterocycles. The van der Waals surface area contributed by atoms with Crippen LogP contribution in [-0.4, -0.2) is 76.0 Å². The quantitative estimate of drug-likeness (QED) is 0.215. The number of carboxylic acids is 1. The first kappa shape index (κ1) is 32.7. The number of amides is 3. The van der Waals surface area contributed by atoms with Gasteiger partial charge in [-0.2, -0.15) is 0 Å². The number of oxime groups is 1. The molecule has 3 amide bonds. The third-order valence-corrected chi connectivity index (χ3v) is 10.5. The Morgan fingerprint density at radius 2 is 1.79 bits per heavy atom. The van der Waals surface area contributed by atoms with E-state index in [1.165, 1.54) is 16.2 Å². The van der Waals surface area contributed by atoms with Crippen molar-refractivity contribution in [2.75, 3.05) is 6.54 Å². The number of nitrogens with one attached hydrogen (secondary N) is 2. The molecule has 4 aliphatic rings. The minimum Gasteiger partial charge on any atom is -0.479 e. The van der Waals surface area contributed by atoms with E-state index in [9.17, 15) is 24.3 Å². The zero-order valence-electron chi connectivity index (χ0n) is 26.3. The van der Waals surface area contributed by atoms with Crippen molar-refractivity contribution in [1.29, 1.82) is 0 Å². The van der Waals surface area contributed by atoms with Crippen molar-refractivity contribution in [2.45, 2.75) is 100 Å². The number of benzene rings is 1. The number of ether oxygens (including phenoxy) is 1. The Morgan fingerprint density at radius 3 is 2.53 bits per heavy atom. The summed E-state index contributed by atoms with van der Waals surface area (Å²) >= 11 is 1.52. The van der Waals surface area contributed by atoms with E-state index >= 15 is 0 Å². The highest BCUT2D eigenvalue weighted by molar-refractivity contribution is 7.12. The van der Waals surface area contributed by atoms with Gasteiger partial charge >= 0.3 is 12.1 Å². The molecule has 0 spiro atoms. The third-order valence-electron chi connectivity index (χ3n) is 9.58. The summed E-state index contributed by atoms with van der Waals surface area (Å²) < 4.78 is 5.63. The van der Waals surface area contributed by atoms with Crippen LogP contribution in [0.1, 0.15) is 81.1 Å². The Hall–Kier alpha value is -4.19. The summed E-state index contributed by atoms with van der Waals surface area (Å²) in [6.45, 7) is 0.0478. The predicted molar refractivity (Wildman–Crippen MR) is 176 cm³/mol. The summed E-state index contributed by atoms with van der Waals surface area (Å²) in [7, 11) is 0.